The number of carbonyl (C=O) groups excluding carboxylic acids is 2. The van der Waals surface area contributed by atoms with E-state index in [1.165, 1.54) is 0 Å². The molecule has 2 heterocycles. The van der Waals surface area contributed by atoms with Crippen molar-refractivity contribution in [2.75, 3.05) is 32.8 Å². The molecule has 1 amide bonds. The van der Waals surface area contributed by atoms with E-state index in [-0.39, 0.29) is 11.3 Å². The maximum absolute atomic E-state index is 13.2. The van der Waals surface area contributed by atoms with E-state index in [4.69, 9.17) is 4.74 Å². The van der Waals surface area contributed by atoms with Crippen LogP contribution < -0.4 is 4.74 Å². The minimum absolute atomic E-state index is 0.100. The maximum atomic E-state index is 13.2. The van der Waals surface area contributed by atoms with E-state index in [0.717, 1.165) is 38.0 Å². The summed E-state index contributed by atoms with van der Waals surface area (Å²) in [5.41, 5.74) is 1.29. The van der Waals surface area contributed by atoms with Crippen LogP contribution in [0.25, 0.3) is 5.76 Å². The average molecular weight is 480 g/mol. The Morgan fingerprint density at radius 1 is 1.14 bits per heavy atom. The Kier molecular flexibility index (Phi) is 9.43. The summed E-state index contributed by atoms with van der Waals surface area (Å²) in [4.78, 5) is 34.2. The first-order valence-corrected chi connectivity index (χ1v) is 12.5. The number of hydrogen-bond acceptors (Lipinski definition) is 6. The molecule has 1 aliphatic rings. The Balaban J connectivity index is 1.98. The number of benzene rings is 1. The Labute approximate surface area is 208 Å². The second-order valence-corrected chi connectivity index (χ2v) is 9.21. The molecular weight excluding hydrogens is 442 g/mol. The first-order chi connectivity index (χ1) is 16.9. The van der Waals surface area contributed by atoms with E-state index < -0.39 is 17.7 Å². The van der Waals surface area contributed by atoms with Crippen LogP contribution in [0, 0.1) is 5.92 Å². The number of aliphatic hydroxyl groups excluding tert-OH is 1. The number of hydrogen-bond donors (Lipinski definition) is 1. The number of pyridine rings is 1. The zero-order valence-corrected chi connectivity index (χ0v) is 21.2. The summed E-state index contributed by atoms with van der Waals surface area (Å²) in [6.07, 6.45) is 4.75. The molecule has 0 saturated carbocycles. The molecule has 0 radical (unpaired) electrons. The molecule has 2 aromatic rings. The third kappa shape index (κ3) is 6.48. The van der Waals surface area contributed by atoms with E-state index >= 15 is 0 Å². The summed E-state index contributed by atoms with van der Waals surface area (Å²) in [6.45, 7) is 12.2. The molecule has 1 fully saturated rings. The fourth-order valence-corrected chi connectivity index (χ4v) is 4.31. The lowest BCUT2D eigenvalue weighted by molar-refractivity contribution is -0.140. The van der Waals surface area contributed by atoms with Crippen molar-refractivity contribution >= 4 is 17.4 Å². The van der Waals surface area contributed by atoms with Gasteiger partial charge in [0.1, 0.15) is 11.5 Å². The second-order valence-electron chi connectivity index (χ2n) is 9.21. The molecule has 1 aliphatic heterocycles. The van der Waals surface area contributed by atoms with Crippen LogP contribution >= 0.6 is 0 Å². The van der Waals surface area contributed by atoms with Gasteiger partial charge in [0.2, 0.25) is 0 Å². The van der Waals surface area contributed by atoms with Gasteiger partial charge in [0.05, 0.1) is 18.2 Å². The Morgan fingerprint density at radius 3 is 2.51 bits per heavy atom. The molecular formula is C28H37N3O4. The van der Waals surface area contributed by atoms with Crippen LogP contribution in [0.3, 0.4) is 0 Å². The molecule has 0 spiro atoms. The number of carbonyl (C=O) groups is 2. The van der Waals surface area contributed by atoms with Gasteiger partial charge < -0.3 is 19.6 Å². The van der Waals surface area contributed by atoms with Gasteiger partial charge in [-0.1, -0.05) is 39.8 Å². The predicted molar refractivity (Wildman–Crippen MR) is 137 cm³/mol. The Bertz CT molecular complexity index is 1030. The van der Waals surface area contributed by atoms with Crippen molar-refractivity contribution in [3.63, 3.8) is 0 Å². The number of amides is 1. The topological polar surface area (TPSA) is 83.0 Å². The number of Topliss-reactive ketones (excluding diaryl/α,β-unsaturated/α-hetero) is 1. The van der Waals surface area contributed by atoms with Gasteiger partial charge in [0.25, 0.3) is 11.7 Å². The normalized spacial score (nSPS) is 17.5. The monoisotopic (exact) mass is 479 g/mol. The molecule has 1 atom stereocenters. The lowest BCUT2D eigenvalue weighted by atomic mass is 9.95. The van der Waals surface area contributed by atoms with Gasteiger partial charge in [-0.3, -0.25) is 14.6 Å². The summed E-state index contributed by atoms with van der Waals surface area (Å²) in [5.74, 6) is -0.236. The third-order valence-corrected chi connectivity index (χ3v) is 6.40. The van der Waals surface area contributed by atoms with Crippen LogP contribution in [-0.4, -0.2) is 64.4 Å². The minimum Gasteiger partial charge on any atom is -0.507 e. The molecule has 7 heteroatoms. The van der Waals surface area contributed by atoms with Gasteiger partial charge in [0.15, 0.2) is 0 Å². The molecule has 3 rings (SSSR count). The summed E-state index contributed by atoms with van der Waals surface area (Å²) in [6, 6.07) is 10.1. The van der Waals surface area contributed by atoms with Gasteiger partial charge in [-0.15, -0.1) is 0 Å². The molecule has 0 aliphatic carbocycles. The largest absolute Gasteiger partial charge is 0.507 e. The molecule has 1 aromatic carbocycles. The number of likely N-dealkylation sites (tertiary alicyclic amines) is 1. The van der Waals surface area contributed by atoms with Crippen molar-refractivity contribution in [3.8, 4) is 5.75 Å². The quantitative estimate of drug-likeness (QED) is 0.271. The van der Waals surface area contributed by atoms with E-state index in [2.05, 4.69) is 37.6 Å². The fourth-order valence-electron chi connectivity index (χ4n) is 4.31. The standard InChI is InChI=1S/C28H37N3O4/c1-5-30(6-2)16-8-17-31-25(22-9-7-10-23(19-22)35-18-13-20(3)4)24(27(33)28(31)34)26(32)21-11-14-29-15-12-21/h7,9-12,14-15,19-20,25,32H,5-6,8,13,16-18H2,1-4H3. The summed E-state index contributed by atoms with van der Waals surface area (Å²) < 4.78 is 5.95. The SMILES string of the molecule is CCN(CC)CCCN1C(=O)C(=O)C(=C(O)c2ccncc2)C1c1cccc(OCCC(C)C)c1. The van der Waals surface area contributed by atoms with E-state index in [1.807, 2.05) is 24.3 Å². The number of rotatable bonds is 12. The highest BCUT2D eigenvalue weighted by Crippen LogP contribution is 2.40. The number of ketones is 1. The highest BCUT2D eigenvalue weighted by Gasteiger charge is 2.45. The molecule has 0 bridgehead atoms. The van der Waals surface area contributed by atoms with Crippen LogP contribution in [0.15, 0.2) is 54.4 Å². The van der Waals surface area contributed by atoms with Crippen LogP contribution in [0.1, 0.15) is 57.7 Å². The number of ether oxygens (including phenoxy) is 1. The zero-order chi connectivity index (χ0) is 25.4. The highest BCUT2D eigenvalue weighted by molar-refractivity contribution is 6.46. The van der Waals surface area contributed by atoms with Gasteiger partial charge in [-0.05, 0) is 68.2 Å². The minimum atomic E-state index is -0.687. The Hall–Kier alpha value is -3.19. The van der Waals surface area contributed by atoms with Crippen LogP contribution in [-0.2, 0) is 9.59 Å². The molecule has 188 valence electrons. The van der Waals surface area contributed by atoms with Gasteiger partial charge in [0, 0.05) is 24.5 Å². The summed E-state index contributed by atoms with van der Waals surface area (Å²) in [7, 11) is 0. The first-order valence-electron chi connectivity index (χ1n) is 12.5. The van der Waals surface area contributed by atoms with Crippen molar-refractivity contribution in [3.05, 3.63) is 65.5 Å². The molecule has 1 aromatic heterocycles. The van der Waals surface area contributed by atoms with Crippen molar-refractivity contribution < 1.29 is 19.4 Å². The van der Waals surface area contributed by atoms with E-state index in [9.17, 15) is 14.7 Å². The highest BCUT2D eigenvalue weighted by atomic mass is 16.5. The molecule has 1 N–H and O–H groups in total. The molecule has 7 nitrogen and oxygen atoms in total. The van der Waals surface area contributed by atoms with Crippen LogP contribution in [0.2, 0.25) is 0 Å². The Morgan fingerprint density at radius 2 is 1.86 bits per heavy atom. The van der Waals surface area contributed by atoms with Crippen LogP contribution in [0.5, 0.6) is 5.75 Å². The van der Waals surface area contributed by atoms with E-state index in [0.29, 0.717) is 30.4 Å². The smallest absolute Gasteiger partial charge is 0.295 e. The van der Waals surface area contributed by atoms with Crippen molar-refractivity contribution in [2.24, 2.45) is 5.92 Å². The van der Waals surface area contributed by atoms with Crippen molar-refractivity contribution in [1.29, 1.82) is 0 Å². The zero-order valence-electron chi connectivity index (χ0n) is 21.2. The molecule has 1 unspecified atom stereocenters. The lowest BCUT2D eigenvalue weighted by Gasteiger charge is -2.27. The second kappa shape index (κ2) is 12.5. The van der Waals surface area contributed by atoms with Crippen molar-refractivity contribution in [1.82, 2.24) is 14.8 Å². The van der Waals surface area contributed by atoms with Gasteiger partial charge in [-0.2, -0.15) is 0 Å². The number of aromatic nitrogens is 1. The lowest BCUT2D eigenvalue weighted by Crippen LogP contribution is -2.33. The van der Waals surface area contributed by atoms with Gasteiger partial charge >= 0.3 is 0 Å². The van der Waals surface area contributed by atoms with Crippen molar-refractivity contribution in [2.45, 2.75) is 46.6 Å². The summed E-state index contributed by atoms with van der Waals surface area (Å²) in [5, 5.41) is 11.1. The van der Waals surface area contributed by atoms with E-state index in [1.54, 1.807) is 29.4 Å². The average Bonchev–Trinajstić information content (AvgIpc) is 3.11. The first kappa shape index (κ1) is 26.4. The number of nitrogens with zero attached hydrogens (tertiary/aromatic N) is 3. The fraction of sp³-hybridized carbons (Fsp3) is 0.464. The molecule has 35 heavy (non-hydrogen) atoms. The molecule has 1 saturated heterocycles. The predicted octanol–water partition coefficient (Wildman–Crippen LogP) is 4.66. The number of aliphatic hydroxyl groups is 1. The van der Waals surface area contributed by atoms with Gasteiger partial charge in [-0.25, -0.2) is 0 Å². The maximum Gasteiger partial charge on any atom is 0.295 e. The summed E-state index contributed by atoms with van der Waals surface area (Å²) >= 11 is 0. The third-order valence-electron chi connectivity index (χ3n) is 6.40. The van der Waals surface area contributed by atoms with Crippen LogP contribution in [0.4, 0.5) is 0 Å².